The third kappa shape index (κ3) is 2.90. The molecule has 0 aliphatic rings. The molecule has 5 aromatic rings. The second-order valence-corrected chi connectivity index (χ2v) is 6.99. The van der Waals surface area contributed by atoms with Crippen LogP contribution in [0, 0.1) is 0 Å². The molecule has 5 aromatic carbocycles. The molecule has 0 heteroatoms. The van der Waals surface area contributed by atoms with Gasteiger partial charge in [-0.15, -0.1) is 0 Å². The molecule has 0 N–H and O–H groups in total. The van der Waals surface area contributed by atoms with Crippen molar-refractivity contribution in [1.29, 1.82) is 0 Å². The molecule has 0 radical (unpaired) electrons. The molecule has 0 saturated carbocycles. The second-order valence-electron chi connectivity index (χ2n) is 6.99. The fraction of sp³-hybridized carbons (Fsp3) is 0. The summed E-state index contributed by atoms with van der Waals surface area (Å²) in [5, 5.41) is 2.55. The Morgan fingerprint density at radius 1 is 0.321 bits per heavy atom. The second kappa shape index (κ2) is 7.17. The number of fused-ring (bicyclic) bond motifs is 1. The Kier molecular flexibility index (Phi) is 4.23. The minimum Gasteiger partial charge on any atom is -0.0622 e. The molecule has 0 nitrogen and oxygen atoms in total. The highest BCUT2D eigenvalue weighted by atomic mass is 14.2. The van der Waals surface area contributed by atoms with Gasteiger partial charge in [-0.05, 0) is 44.2 Å². The largest absolute Gasteiger partial charge is 0.0622 e. The quantitative estimate of drug-likeness (QED) is 0.309. The molecular weight excluding hydrogens is 336 g/mol. The Labute approximate surface area is 165 Å². The third-order valence-electron chi connectivity index (χ3n) is 5.30. The summed E-state index contributed by atoms with van der Waals surface area (Å²) in [4.78, 5) is 0. The predicted molar refractivity (Wildman–Crippen MR) is 120 cm³/mol. The molecule has 0 fully saturated rings. The van der Waals surface area contributed by atoms with Gasteiger partial charge in [0.2, 0.25) is 0 Å². The summed E-state index contributed by atoms with van der Waals surface area (Å²) in [6.07, 6.45) is 0. The highest BCUT2D eigenvalue weighted by Crippen LogP contribution is 2.42. The number of hydrogen-bond donors (Lipinski definition) is 0. The smallest absolute Gasteiger partial charge is 0.00206 e. The van der Waals surface area contributed by atoms with E-state index in [1.165, 1.54) is 44.2 Å². The summed E-state index contributed by atoms with van der Waals surface area (Å²) < 4.78 is 0. The predicted octanol–water partition coefficient (Wildman–Crippen LogP) is 7.84. The molecule has 132 valence electrons. The molecule has 28 heavy (non-hydrogen) atoms. The molecule has 0 spiro atoms. The summed E-state index contributed by atoms with van der Waals surface area (Å²) in [6, 6.07) is 43.2. The van der Waals surface area contributed by atoms with Crippen LogP contribution in [0.1, 0.15) is 0 Å². The molecule has 0 amide bonds. The van der Waals surface area contributed by atoms with Crippen LogP contribution in [0.5, 0.6) is 0 Å². The molecule has 0 aliphatic carbocycles. The first-order valence-corrected chi connectivity index (χ1v) is 9.64. The highest BCUT2D eigenvalue weighted by Gasteiger charge is 2.15. The van der Waals surface area contributed by atoms with Gasteiger partial charge in [-0.2, -0.15) is 0 Å². The lowest BCUT2D eigenvalue weighted by Gasteiger charge is -2.17. The van der Waals surface area contributed by atoms with Gasteiger partial charge in [0.1, 0.15) is 0 Å². The van der Waals surface area contributed by atoms with Gasteiger partial charge < -0.3 is 0 Å². The van der Waals surface area contributed by atoms with E-state index in [1.54, 1.807) is 0 Å². The normalized spacial score (nSPS) is 10.9. The molecule has 0 saturated heterocycles. The van der Waals surface area contributed by atoms with Crippen molar-refractivity contribution >= 4 is 10.8 Å². The van der Waals surface area contributed by atoms with E-state index in [-0.39, 0.29) is 0 Å². The molecule has 0 atom stereocenters. The number of hydrogen-bond acceptors (Lipinski definition) is 0. The zero-order chi connectivity index (χ0) is 18.8. The van der Waals surface area contributed by atoms with Crippen LogP contribution < -0.4 is 0 Å². The van der Waals surface area contributed by atoms with Gasteiger partial charge >= 0.3 is 0 Å². The third-order valence-corrected chi connectivity index (χ3v) is 5.30. The van der Waals surface area contributed by atoms with Crippen LogP contribution in [-0.4, -0.2) is 0 Å². The van der Waals surface area contributed by atoms with E-state index >= 15 is 0 Å². The summed E-state index contributed by atoms with van der Waals surface area (Å²) in [5.41, 5.74) is 7.57. The van der Waals surface area contributed by atoms with E-state index in [4.69, 9.17) is 0 Å². The van der Waals surface area contributed by atoms with E-state index in [0.29, 0.717) is 0 Å². The molecule has 0 bridgehead atoms. The molecular formula is C28H20. The average Bonchev–Trinajstić information content (AvgIpc) is 2.79. The van der Waals surface area contributed by atoms with E-state index in [2.05, 4.69) is 121 Å². The van der Waals surface area contributed by atoms with Crippen molar-refractivity contribution < 1.29 is 0 Å². The lowest BCUT2D eigenvalue weighted by Crippen LogP contribution is -1.91. The Balaban J connectivity index is 1.87. The fourth-order valence-electron chi connectivity index (χ4n) is 3.99. The van der Waals surface area contributed by atoms with Crippen LogP contribution in [0.3, 0.4) is 0 Å². The first-order valence-electron chi connectivity index (χ1n) is 9.64. The Hall–Kier alpha value is -3.64. The fourth-order valence-corrected chi connectivity index (χ4v) is 3.99. The topological polar surface area (TPSA) is 0 Å². The maximum Gasteiger partial charge on any atom is -0.00206 e. The summed E-state index contributed by atoms with van der Waals surface area (Å²) in [7, 11) is 0. The monoisotopic (exact) mass is 356 g/mol. The van der Waals surface area contributed by atoms with Gasteiger partial charge in [0.05, 0.1) is 0 Å². The maximum absolute atomic E-state index is 2.26. The van der Waals surface area contributed by atoms with E-state index in [0.717, 1.165) is 0 Å². The average molecular weight is 356 g/mol. The van der Waals surface area contributed by atoms with Crippen LogP contribution in [0.25, 0.3) is 44.2 Å². The first-order chi connectivity index (χ1) is 13.9. The SMILES string of the molecule is c1ccc(-c2ccccc2-c2c(-c3ccccc3)ccc3ccccc23)cc1. The Morgan fingerprint density at radius 3 is 1.57 bits per heavy atom. The minimum absolute atomic E-state index is 1.24. The van der Waals surface area contributed by atoms with Gasteiger partial charge in [0, 0.05) is 0 Å². The van der Waals surface area contributed by atoms with Gasteiger partial charge in [0.15, 0.2) is 0 Å². The van der Waals surface area contributed by atoms with Crippen molar-refractivity contribution in [3.8, 4) is 33.4 Å². The van der Waals surface area contributed by atoms with E-state index in [1.807, 2.05) is 0 Å². The van der Waals surface area contributed by atoms with Gasteiger partial charge in [-0.3, -0.25) is 0 Å². The summed E-state index contributed by atoms with van der Waals surface area (Å²) >= 11 is 0. The zero-order valence-corrected chi connectivity index (χ0v) is 15.5. The van der Waals surface area contributed by atoms with Crippen LogP contribution in [0.4, 0.5) is 0 Å². The van der Waals surface area contributed by atoms with Crippen molar-refractivity contribution in [3.63, 3.8) is 0 Å². The summed E-state index contributed by atoms with van der Waals surface area (Å²) in [5.74, 6) is 0. The lowest BCUT2D eigenvalue weighted by atomic mass is 9.86. The molecule has 0 heterocycles. The van der Waals surface area contributed by atoms with Gasteiger partial charge in [0.25, 0.3) is 0 Å². The first kappa shape index (κ1) is 16.5. The lowest BCUT2D eigenvalue weighted by molar-refractivity contribution is 1.58. The maximum atomic E-state index is 2.26. The Morgan fingerprint density at radius 2 is 0.857 bits per heavy atom. The van der Waals surface area contributed by atoms with Crippen LogP contribution >= 0.6 is 0 Å². The van der Waals surface area contributed by atoms with Gasteiger partial charge in [-0.25, -0.2) is 0 Å². The zero-order valence-electron chi connectivity index (χ0n) is 15.5. The molecule has 0 unspecified atom stereocenters. The summed E-state index contributed by atoms with van der Waals surface area (Å²) in [6.45, 7) is 0. The van der Waals surface area contributed by atoms with E-state index < -0.39 is 0 Å². The standard InChI is InChI=1S/C28H20/c1-3-11-21(12-4-1)24-16-9-10-18-27(24)28-25-17-8-7-15-23(25)19-20-26(28)22-13-5-2-6-14-22/h1-20H. The molecule has 0 aliphatic heterocycles. The van der Waals surface area contributed by atoms with Crippen molar-refractivity contribution in [2.45, 2.75) is 0 Å². The van der Waals surface area contributed by atoms with Crippen LogP contribution in [0.15, 0.2) is 121 Å². The van der Waals surface area contributed by atoms with Crippen molar-refractivity contribution in [1.82, 2.24) is 0 Å². The van der Waals surface area contributed by atoms with Crippen molar-refractivity contribution in [2.75, 3.05) is 0 Å². The van der Waals surface area contributed by atoms with Crippen molar-refractivity contribution in [2.24, 2.45) is 0 Å². The number of benzene rings is 5. The van der Waals surface area contributed by atoms with Crippen LogP contribution in [0.2, 0.25) is 0 Å². The Bertz CT molecular complexity index is 1240. The highest BCUT2D eigenvalue weighted by molar-refractivity contribution is 6.07. The van der Waals surface area contributed by atoms with Crippen molar-refractivity contribution in [3.05, 3.63) is 121 Å². The van der Waals surface area contributed by atoms with Gasteiger partial charge in [-0.1, -0.05) is 121 Å². The van der Waals surface area contributed by atoms with Crippen LogP contribution in [-0.2, 0) is 0 Å². The minimum atomic E-state index is 1.24. The van der Waals surface area contributed by atoms with E-state index in [9.17, 15) is 0 Å². The number of rotatable bonds is 3. The molecule has 5 rings (SSSR count). The molecule has 0 aromatic heterocycles.